The zero-order valence-corrected chi connectivity index (χ0v) is 17.3. The van der Waals surface area contributed by atoms with Gasteiger partial charge in [0, 0.05) is 20.2 Å². The fourth-order valence-corrected chi connectivity index (χ4v) is 3.92. The van der Waals surface area contributed by atoms with Gasteiger partial charge in [-0.3, -0.25) is 9.69 Å². The number of ketones is 1. The number of carbonyl (C=O) groups excluding carboxylic acids is 1. The van der Waals surface area contributed by atoms with Crippen molar-refractivity contribution in [1.29, 1.82) is 0 Å². The zero-order valence-electron chi connectivity index (χ0n) is 17.3. The van der Waals surface area contributed by atoms with E-state index in [0.29, 0.717) is 37.0 Å². The third-order valence-electron chi connectivity index (χ3n) is 5.61. The molecule has 5 nitrogen and oxygen atoms in total. The highest BCUT2D eigenvalue weighted by molar-refractivity contribution is 6.15. The van der Waals surface area contributed by atoms with Gasteiger partial charge in [0.25, 0.3) is 0 Å². The minimum atomic E-state index is -0.0982. The van der Waals surface area contributed by atoms with Crippen molar-refractivity contribution >= 4 is 11.9 Å². The standard InChI is InChI=1S/C26H23NO4/c1-29-14-13-27-16-22-23(30-17-27)12-11-21-25(28)24(31-26(21)22)15-18-7-9-20(10-8-18)19-5-3-2-4-6-19/h2-12,15H,13-14,16-17H2,1H3/b24-15-. The number of rotatable bonds is 5. The minimum absolute atomic E-state index is 0.0982. The predicted octanol–water partition coefficient (Wildman–Crippen LogP) is 4.77. The van der Waals surface area contributed by atoms with Gasteiger partial charge >= 0.3 is 0 Å². The molecule has 5 rings (SSSR count). The van der Waals surface area contributed by atoms with E-state index in [1.807, 2.05) is 36.4 Å². The van der Waals surface area contributed by atoms with E-state index in [1.54, 1.807) is 19.3 Å². The molecule has 0 unspecified atom stereocenters. The summed E-state index contributed by atoms with van der Waals surface area (Å²) < 4.78 is 17.1. The Morgan fingerprint density at radius 3 is 2.55 bits per heavy atom. The number of hydrogen-bond donors (Lipinski definition) is 0. The molecule has 0 aromatic heterocycles. The lowest BCUT2D eigenvalue weighted by Gasteiger charge is -2.29. The van der Waals surface area contributed by atoms with E-state index in [4.69, 9.17) is 14.2 Å². The third-order valence-corrected chi connectivity index (χ3v) is 5.61. The molecule has 3 aromatic carbocycles. The maximum Gasteiger partial charge on any atom is 0.231 e. The summed E-state index contributed by atoms with van der Waals surface area (Å²) in [5.41, 5.74) is 4.71. The maximum atomic E-state index is 13.0. The van der Waals surface area contributed by atoms with Crippen LogP contribution in [-0.4, -0.2) is 37.7 Å². The van der Waals surface area contributed by atoms with Crippen LogP contribution in [-0.2, 0) is 11.3 Å². The number of Topliss-reactive ketones (excluding diaryl/α,β-unsaturated/α-hetero) is 1. The second kappa shape index (κ2) is 8.38. The van der Waals surface area contributed by atoms with Crippen LogP contribution in [0.2, 0.25) is 0 Å². The van der Waals surface area contributed by atoms with Gasteiger partial charge < -0.3 is 14.2 Å². The Kier molecular flexibility index (Phi) is 5.28. The first kappa shape index (κ1) is 19.5. The van der Waals surface area contributed by atoms with E-state index in [9.17, 15) is 4.79 Å². The summed E-state index contributed by atoms with van der Waals surface area (Å²) in [5, 5.41) is 0. The minimum Gasteiger partial charge on any atom is -0.478 e. The number of nitrogens with zero attached hydrogens (tertiary/aromatic N) is 1. The van der Waals surface area contributed by atoms with Crippen molar-refractivity contribution in [3.8, 4) is 22.6 Å². The van der Waals surface area contributed by atoms with Crippen molar-refractivity contribution in [3.63, 3.8) is 0 Å². The number of ether oxygens (including phenoxy) is 3. The average molecular weight is 413 g/mol. The summed E-state index contributed by atoms with van der Waals surface area (Å²) in [4.78, 5) is 15.1. The molecule has 0 bridgehead atoms. The van der Waals surface area contributed by atoms with E-state index in [1.165, 1.54) is 0 Å². The number of carbonyl (C=O) groups is 1. The first-order valence-corrected chi connectivity index (χ1v) is 10.3. The summed E-state index contributed by atoms with van der Waals surface area (Å²) in [5.74, 6) is 1.62. The largest absolute Gasteiger partial charge is 0.478 e. The Morgan fingerprint density at radius 2 is 1.77 bits per heavy atom. The molecule has 31 heavy (non-hydrogen) atoms. The Bertz CT molecular complexity index is 1140. The van der Waals surface area contributed by atoms with Gasteiger partial charge in [0.05, 0.1) is 17.7 Å². The molecule has 3 aromatic rings. The van der Waals surface area contributed by atoms with Crippen LogP contribution in [0, 0.1) is 0 Å². The first-order chi connectivity index (χ1) is 15.2. The lowest BCUT2D eigenvalue weighted by atomic mass is 10.0. The van der Waals surface area contributed by atoms with E-state index < -0.39 is 0 Å². The molecule has 0 N–H and O–H groups in total. The fourth-order valence-electron chi connectivity index (χ4n) is 3.92. The van der Waals surface area contributed by atoms with Crippen LogP contribution in [0.1, 0.15) is 21.5 Å². The predicted molar refractivity (Wildman–Crippen MR) is 119 cm³/mol. The van der Waals surface area contributed by atoms with E-state index in [-0.39, 0.29) is 5.78 Å². The van der Waals surface area contributed by atoms with E-state index >= 15 is 0 Å². The lowest BCUT2D eigenvalue weighted by molar-refractivity contribution is 0.0646. The molecular weight excluding hydrogens is 390 g/mol. The summed E-state index contributed by atoms with van der Waals surface area (Å²) in [6.07, 6.45) is 1.80. The average Bonchev–Trinajstić information content (AvgIpc) is 3.14. The summed E-state index contributed by atoms with van der Waals surface area (Å²) in [6.45, 7) is 2.54. The number of benzene rings is 3. The van der Waals surface area contributed by atoms with Gasteiger partial charge in [-0.1, -0.05) is 54.6 Å². The molecule has 0 atom stereocenters. The molecule has 2 aliphatic rings. The molecule has 2 heterocycles. The van der Waals surface area contributed by atoms with Crippen LogP contribution < -0.4 is 9.47 Å². The molecule has 0 saturated carbocycles. The molecule has 2 aliphatic heterocycles. The van der Waals surface area contributed by atoms with Gasteiger partial charge in [-0.2, -0.15) is 0 Å². The second-order valence-electron chi connectivity index (χ2n) is 7.67. The normalized spacial score (nSPS) is 16.5. The van der Waals surface area contributed by atoms with Crippen molar-refractivity contribution in [2.24, 2.45) is 0 Å². The summed E-state index contributed by atoms with van der Waals surface area (Å²) in [7, 11) is 1.68. The van der Waals surface area contributed by atoms with Crippen molar-refractivity contribution in [1.82, 2.24) is 4.90 Å². The van der Waals surface area contributed by atoms with Crippen LogP contribution in [0.25, 0.3) is 17.2 Å². The fraction of sp³-hybridized carbons (Fsp3) is 0.192. The Morgan fingerprint density at radius 1 is 1.00 bits per heavy atom. The monoisotopic (exact) mass is 413 g/mol. The molecule has 0 amide bonds. The van der Waals surface area contributed by atoms with Crippen LogP contribution in [0.5, 0.6) is 11.5 Å². The number of fused-ring (bicyclic) bond motifs is 3. The summed E-state index contributed by atoms with van der Waals surface area (Å²) >= 11 is 0. The molecule has 0 radical (unpaired) electrons. The van der Waals surface area contributed by atoms with Crippen molar-refractivity contribution in [2.45, 2.75) is 6.54 Å². The van der Waals surface area contributed by atoms with Gasteiger partial charge in [0.1, 0.15) is 18.2 Å². The molecule has 0 fully saturated rings. The van der Waals surface area contributed by atoms with Crippen molar-refractivity contribution in [3.05, 3.63) is 89.2 Å². The van der Waals surface area contributed by atoms with E-state index in [2.05, 4.69) is 29.2 Å². The number of hydrogen-bond acceptors (Lipinski definition) is 5. The maximum absolute atomic E-state index is 13.0. The molecular formula is C26H23NO4. The zero-order chi connectivity index (χ0) is 21.2. The number of allylic oxidation sites excluding steroid dienone is 1. The van der Waals surface area contributed by atoms with Gasteiger partial charge in [0.15, 0.2) is 5.76 Å². The lowest BCUT2D eigenvalue weighted by Crippen LogP contribution is -2.34. The highest BCUT2D eigenvalue weighted by Gasteiger charge is 2.33. The summed E-state index contributed by atoms with van der Waals surface area (Å²) in [6, 6.07) is 22.0. The van der Waals surface area contributed by atoms with Crippen molar-refractivity contribution < 1.29 is 19.0 Å². The van der Waals surface area contributed by atoms with Crippen LogP contribution >= 0.6 is 0 Å². The van der Waals surface area contributed by atoms with Gasteiger partial charge in [0.2, 0.25) is 5.78 Å². The van der Waals surface area contributed by atoms with Crippen LogP contribution in [0.3, 0.4) is 0 Å². The SMILES string of the molecule is COCCN1COc2ccc3c(c2C1)O/C(=C\c1ccc(-c2ccccc2)cc1)C3=O. The van der Waals surface area contributed by atoms with E-state index in [0.717, 1.165) is 34.5 Å². The highest BCUT2D eigenvalue weighted by atomic mass is 16.5. The molecule has 0 spiro atoms. The highest BCUT2D eigenvalue weighted by Crippen LogP contribution is 2.42. The Hall–Kier alpha value is -3.41. The smallest absolute Gasteiger partial charge is 0.231 e. The topological polar surface area (TPSA) is 48.0 Å². The van der Waals surface area contributed by atoms with Crippen molar-refractivity contribution in [2.75, 3.05) is 27.0 Å². The van der Waals surface area contributed by atoms with Gasteiger partial charge in [-0.25, -0.2) is 0 Å². The molecule has 0 saturated heterocycles. The van der Waals surface area contributed by atoms with Gasteiger partial charge in [-0.15, -0.1) is 0 Å². The third kappa shape index (κ3) is 3.85. The first-order valence-electron chi connectivity index (χ1n) is 10.3. The van der Waals surface area contributed by atoms with Gasteiger partial charge in [-0.05, 0) is 34.9 Å². The molecule has 156 valence electrons. The number of methoxy groups -OCH3 is 1. The quantitative estimate of drug-likeness (QED) is 0.564. The Labute approximate surface area is 181 Å². The van der Waals surface area contributed by atoms with Crippen LogP contribution in [0.15, 0.2) is 72.5 Å². The molecule has 0 aliphatic carbocycles. The Balaban J connectivity index is 1.39. The van der Waals surface area contributed by atoms with Crippen LogP contribution in [0.4, 0.5) is 0 Å². The second-order valence-corrected chi connectivity index (χ2v) is 7.67. The molecule has 5 heteroatoms.